The number of carbonyl (C=O) groups is 2. The number of amides is 2. The second-order valence-electron chi connectivity index (χ2n) is 3.70. The van der Waals surface area contributed by atoms with E-state index in [2.05, 4.69) is 5.92 Å². The molecule has 3 heteroatoms. The van der Waals surface area contributed by atoms with Crippen LogP contribution in [0.1, 0.15) is 33.6 Å². The molecule has 1 aliphatic heterocycles. The van der Waals surface area contributed by atoms with Crippen molar-refractivity contribution in [2.24, 2.45) is 0 Å². The lowest BCUT2D eigenvalue weighted by molar-refractivity contribution is -0.139. The van der Waals surface area contributed by atoms with E-state index >= 15 is 0 Å². The van der Waals surface area contributed by atoms with E-state index in [4.69, 9.17) is 6.42 Å². The molecule has 0 aromatic carbocycles. The van der Waals surface area contributed by atoms with Crippen LogP contribution in [-0.4, -0.2) is 22.8 Å². The lowest BCUT2D eigenvalue weighted by Gasteiger charge is -2.21. The first-order valence-corrected chi connectivity index (χ1v) is 5.06. The van der Waals surface area contributed by atoms with Crippen LogP contribution in [0, 0.1) is 12.3 Å². The van der Waals surface area contributed by atoms with Crippen LogP contribution in [0.25, 0.3) is 0 Å². The first kappa shape index (κ1) is 11.5. The van der Waals surface area contributed by atoms with Gasteiger partial charge in [-0.1, -0.05) is 19.3 Å². The standard InChI is InChI=1S/C12H15NO2/c1-5-7-10(6-2)13-11(14)8(3)9(4)12(13)15/h2,10H,5,7H2,1,3-4H3. The molecule has 1 atom stereocenters. The molecule has 3 nitrogen and oxygen atoms in total. The van der Waals surface area contributed by atoms with Crippen LogP contribution in [0.2, 0.25) is 0 Å². The number of rotatable bonds is 3. The molecule has 0 saturated heterocycles. The van der Waals surface area contributed by atoms with Gasteiger partial charge < -0.3 is 0 Å². The fourth-order valence-electron chi connectivity index (χ4n) is 1.62. The molecule has 0 N–H and O–H groups in total. The van der Waals surface area contributed by atoms with E-state index in [9.17, 15) is 9.59 Å². The summed E-state index contributed by atoms with van der Waals surface area (Å²) in [5.41, 5.74) is 1.02. The van der Waals surface area contributed by atoms with E-state index < -0.39 is 6.04 Å². The van der Waals surface area contributed by atoms with Gasteiger partial charge in [0.2, 0.25) is 0 Å². The van der Waals surface area contributed by atoms with E-state index in [1.807, 2.05) is 6.92 Å². The van der Waals surface area contributed by atoms with Crippen molar-refractivity contribution in [3.8, 4) is 12.3 Å². The summed E-state index contributed by atoms with van der Waals surface area (Å²) >= 11 is 0. The van der Waals surface area contributed by atoms with Crippen LogP contribution in [-0.2, 0) is 9.59 Å². The maximum Gasteiger partial charge on any atom is 0.257 e. The van der Waals surface area contributed by atoms with Crippen LogP contribution in [0.5, 0.6) is 0 Å². The Morgan fingerprint density at radius 1 is 1.27 bits per heavy atom. The van der Waals surface area contributed by atoms with Gasteiger partial charge in [0, 0.05) is 11.1 Å². The summed E-state index contributed by atoms with van der Waals surface area (Å²) in [7, 11) is 0. The quantitative estimate of drug-likeness (QED) is 0.517. The van der Waals surface area contributed by atoms with Gasteiger partial charge in [0.25, 0.3) is 11.8 Å². The number of terminal acetylenes is 1. The molecule has 1 heterocycles. The molecule has 80 valence electrons. The number of nitrogens with zero attached hydrogens (tertiary/aromatic N) is 1. The lowest BCUT2D eigenvalue weighted by atomic mass is 10.1. The third kappa shape index (κ3) is 1.80. The maximum atomic E-state index is 11.8. The minimum absolute atomic E-state index is 0.242. The largest absolute Gasteiger partial charge is 0.269 e. The molecule has 0 aromatic heterocycles. The van der Waals surface area contributed by atoms with E-state index in [1.165, 1.54) is 4.90 Å². The molecule has 15 heavy (non-hydrogen) atoms. The fourth-order valence-corrected chi connectivity index (χ4v) is 1.62. The van der Waals surface area contributed by atoms with Crippen molar-refractivity contribution in [1.82, 2.24) is 4.90 Å². The Hall–Kier alpha value is -1.56. The first-order valence-electron chi connectivity index (χ1n) is 5.06. The Morgan fingerprint density at radius 2 is 1.73 bits per heavy atom. The predicted molar refractivity (Wildman–Crippen MR) is 57.8 cm³/mol. The normalized spacial score (nSPS) is 18.4. The molecule has 0 spiro atoms. The van der Waals surface area contributed by atoms with Crippen molar-refractivity contribution in [2.45, 2.75) is 39.7 Å². The van der Waals surface area contributed by atoms with Crippen molar-refractivity contribution in [1.29, 1.82) is 0 Å². The topological polar surface area (TPSA) is 37.4 Å². The van der Waals surface area contributed by atoms with Crippen LogP contribution >= 0.6 is 0 Å². The molecule has 0 aromatic rings. The minimum Gasteiger partial charge on any atom is -0.269 e. The summed E-state index contributed by atoms with van der Waals surface area (Å²) in [6.07, 6.45) is 6.85. The molecule has 0 aliphatic carbocycles. The van der Waals surface area contributed by atoms with Gasteiger partial charge >= 0.3 is 0 Å². The highest BCUT2D eigenvalue weighted by Gasteiger charge is 2.37. The fraction of sp³-hybridized carbons (Fsp3) is 0.500. The summed E-state index contributed by atoms with van der Waals surface area (Å²) in [5, 5.41) is 0. The van der Waals surface area contributed by atoms with Crippen LogP contribution in [0.4, 0.5) is 0 Å². The Labute approximate surface area is 90.1 Å². The summed E-state index contributed by atoms with van der Waals surface area (Å²) in [5.74, 6) is 2.02. The Kier molecular flexibility index (Phi) is 3.31. The highest BCUT2D eigenvalue weighted by atomic mass is 16.2. The molecule has 0 radical (unpaired) electrons. The zero-order chi connectivity index (χ0) is 11.6. The number of carbonyl (C=O) groups excluding carboxylic acids is 2. The number of hydrogen-bond donors (Lipinski definition) is 0. The molecule has 2 amide bonds. The first-order chi connectivity index (χ1) is 7.04. The highest BCUT2D eigenvalue weighted by Crippen LogP contribution is 2.23. The zero-order valence-corrected chi connectivity index (χ0v) is 9.33. The van der Waals surface area contributed by atoms with Gasteiger partial charge in [-0.2, -0.15) is 0 Å². The molecule has 0 fully saturated rings. The van der Waals surface area contributed by atoms with E-state index in [0.29, 0.717) is 17.6 Å². The van der Waals surface area contributed by atoms with Crippen molar-refractivity contribution in [2.75, 3.05) is 0 Å². The van der Waals surface area contributed by atoms with Gasteiger partial charge in [0.1, 0.15) is 6.04 Å². The van der Waals surface area contributed by atoms with Crippen molar-refractivity contribution < 1.29 is 9.59 Å². The van der Waals surface area contributed by atoms with Crippen LogP contribution < -0.4 is 0 Å². The average molecular weight is 205 g/mol. The van der Waals surface area contributed by atoms with E-state index in [0.717, 1.165) is 6.42 Å². The molecular formula is C12H15NO2. The smallest absolute Gasteiger partial charge is 0.257 e. The monoisotopic (exact) mass is 205 g/mol. The van der Waals surface area contributed by atoms with Crippen molar-refractivity contribution >= 4 is 11.8 Å². The molecule has 1 aliphatic rings. The van der Waals surface area contributed by atoms with Crippen molar-refractivity contribution in [3.63, 3.8) is 0 Å². The van der Waals surface area contributed by atoms with Crippen LogP contribution in [0.15, 0.2) is 11.1 Å². The zero-order valence-electron chi connectivity index (χ0n) is 9.33. The lowest BCUT2D eigenvalue weighted by Crippen LogP contribution is -2.40. The Bertz CT molecular complexity index is 350. The number of hydrogen-bond acceptors (Lipinski definition) is 2. The summed E-state index contributed by atoms with van der Waals surface area (Å²) < 4.78 is 0. The third-order valence-electron chi connectivity index (χ3n) is 2.71. The van der Waals surface area contributed by atoms with Crippen molar-refractivity contribution in [3.05, 3.63) is 11.1 Å². The summed E-state index contributed by atoms with van der Waals surface area (Å²) in [6, 6.07) is -0.401. The molecule has 1 unspecified atom stereocenters. The molecule has 0 saturated carbocycles. The Morgan fingerprint density at radius 3 is 2.07 bits per heavy atom. The predicted octanol–water partition coefficient (Wildman–Crippen LogP) is 1.49. The number of imide groups is 1. The van der Waals surface area contributed by atoms with Crippen LogP contribution in [0.3, 0.4) is 0 Å². The third-order valence-corrected chi connectivity index (χ3v) is 2.71. The van der Waals surface area contributed by atoms with Gasteiger partial charge in [0.05, 0.1) is 0 Å². The second-order valence-corrected chi connectivity index (χ2v) is 3.70. The van der Waals surface area contributed by atoms with Gasteiger partial charge in [-0.25, -0.2) is 0 Å². The van der Waals surface area contributed by atoms with E-state index in [1.54, 1.807) is 13.8 Å². The molecule has 0 bridgehead atoms. The second kappa shape index (κ2) is 4.31. The minimum atomic E-state index is -0.401. The molecular weight excluding hydrogens is 190 g/mol. The van der Waals surface area contributed by atoms with Gasteiger partial charge in [-0.05, 0) is 20.3 Å². The maximum absolute atomic E-state index is 11.8. The SMILES string of the molecule is C#CC(CCC)N1C(=O)C(C)=C(C)C1=O. The van der Waals surface area contributed by atoms with Gasteiger partial charge in [-0.3, -0.25) is 14.5 Å². The summed E-state index contributed by atoms with van der Waals surface area (Å²) in [4.78, 5) is 24.7. The van der Waals surface area contributed by atoms with Gasteiger partial charge in [0.15, 0.2) is 0 Å². The van der Waals surface area contributed by atoms with Gasteiger partial charge in [-0.15, -0.1) is 6.42 Å². The summed E-state index contributed by atoms with van der Waals surface area (Å²) in [6.45, 7) is 5.30. The van der Waals surface area contributed by atoms with E-state index in [-0.39, 0.29) is 11.8 Å². The highest BCUT2D eigenvalue weighted by molar-refractivity contribution is 6.19. The Balaban J connectivity index is 2.97. The molecule has 1 rings (SSSR count). The average Bonchev–Trinajstić information content (AvgIpc) is 2.41.